The Balaban J connectivity index is 2.48. The molecule has 0 aliphatic carbocycles. The van der Waals surface area contributed by atoms with Gasteiger partial charge in [-0.2, -0.15) is 0 Å². The minimum atomic E-state index is 0.399. The first-order chi connectivity index (χ1) is 7.19. The van der Waals surface area contributed by atoms with Crippen LogP contribution in [0.15, 0.2) is 38.2 Å². The molecule has 3 nitrogen and oxygen atoms in total. The first-order valence-corrected chi connectivity index (χ1v) is 6.28. The normalized spacial score (nSPS) is 10.5. The molecule has 0 amide bonds. The van der Waals surface area contributed by atoms with Gasteiger partial charge in [0.2, 0.25) is 0 Å². The van der Waals surface area contributed by atoms with Crippen molar-refractivity contribution in [3.05, 3.63) is 28.7 Å². The molecule has 0 aliphatic rings. The van der Waals surface area contributed by atoms with Crippen LogP contribution in [-0.2, 0) is 0 Å². The standard InChI is InChI=1S/C10H9BrN2OS/c1-15-8-3-6(2-7(11)4-8)9-5-10(12)13-14-9/h2-5H,1H3,(H2,12,13). The van der Waals surface area contributed by atoms with E-state index in [1.165, 1.54) is 0 Å². The number of rotatable bonds is 2. The van der Waals surface area contributed by atoms with Crippen LogP contribution in [0.25, 0.3) is 11.3 Å². The average Bonchev–Trinajstić information content (AvgIpc) is 2.64. The molecule has 78 valence electrons. The number of halogens is 1. The number of hydrogen-bond acceptors (Lipinski definition) is 4. The Morgan fingerprint density at radius 3 is 2.73 bits per heavy atom. The molecule has 2 N–H and O–H groups in total. The maximum absolute atomic E-state index is 5.50. The number of anilines is 1. The molecule has 0 saturated heterocycles. The number of hydrogen-bond donors (Lipinski definition) is 1. The molecule has 0 atom stereocenters. The monoisotopic (exact) mass is 284 g/mol. The third-order valence-electron chi connectivity index (χ3n) is 1.92. The van der Waals surface area contributed by atoms with E-state index in [2.05, 4.69) is 21.1 Å². The summed E-state index contributed by atoms with van der Waals surface area (Å²) in [5.41, 5.74) is 6.47. The fourth-order valence-electron chi connectivity index (χ4n) is 1.25. The van der Waals surface area contributed by atoms with Crippen molar-refractivity contribution >= 4 is 33.5 Å². The van der Waals surface area contributed by atoms with Crippen molar-refractivity contribution in [1.82, 2.24) is 5.16 Å². The molecule has 2 aromatic rings. The molecule has 1 aromatic heterocycles. The van der Waals surface area contributed by atoms with E-state index in [-0.39, 0.29) is 0 Å². The van der Waals surface area contributed by atoms with Crippen LogP contribution in [0.2, 0.25) is 0 Å². The topological polar surface area (TPSA) is 52.0 Å². The Hall–Kier alpha value is -0.940. The highest BCUT2D eigenvalue weighted by molar-refractivity contribution is 9.10. The third kappa shape index (κ3) is 2.35. The van der Waals surface area contributed by atoms with Crippen LogP contribution in [0.5, 0.6) is 0 Å². The lowest BCUT2D eigenvalue weighted by Gasteiger charge is -2.01. The zero-order chi connectivity index (χ0) is 10.8. The molecule has 1 heterocycles. The van der Waals surface area contributed by atoms with Crippen LogP contribution >= 0.6 is 27.7 Å². The van der Waals surface area contributed by atoms with Gasteiger partial charge in [0.1, 0.15) is 0 Å². The zero-order valence-corrected chi connectivity index (χ0v) is 10.4. The Morgan fingerprint density at radius 2 is 2.13 bits per heavy atom. The van der Waals surface area contributed by atoms with Crippen molar-refractivity contribution in [3.8, 4) is 11.3 Å². The fraction of sp³-hybridized carbons (Fsp3) is 0.100. The first kappa shape index (κ1) is 10.6. The van der Waals surface area contributed by atoms with Crippen molar-refractivity contribution < 1.29 is 4.52 Å². The maximum Gasteiger partial charge on any atom is 0.169 e. The number of thioether (sulfide) groups is 1. The Kier molecular flexibility index (Phi) is 3.02. The molecule has 0 saturated carbocycles. The molecular weight excluding hydrogens is 276 g/mol. The summed E-state index contributed by atoms with van der Waals surface area (Å²) in [6.07, 6.45) is 2.03. The average molecular weight is 285 g/mol. The Morgan fingerprint density at radius 1 is 1.33 bits per heavy atom. The van der Waals surface area contributed by atoms with Gasteiger partial charge in [-0.3, -0.25) is 0 Å². The van der Waals surface area contributed by atoms with E-state index in [0.29, 0.717) is 11.6 Å². The van der Waals surface area contributed by atoms with E-state index in [1.807, 2.05) is 24.5 Å². The number of nitrogens with two attached hydrogens (primary N) is 1. The molecule has 0 bridgehead atoms. The van der Waals surface area contributed by atoms with Gasteiger partial charge >= 0.3 is 0 Å². The van der Waals surface area contributed by atoms with Crippen LogP contribution < -0.4 is 5.73 Å². The second-order valence-corrected chi connectivity index (χ2v) is 4.79. The van der Waals surface area contributed by atoms with Gasteiger partial charge in [-0.1, -0.05) is 21.1 Å². The predicted molar refractivity (Wildman–Crippen MR) is 65.8 cm³/mol. The second kappa shape index (κ2) is 4.28. The summed E-state index contributed by atoms with van der Waals surface area (Å²) in [6, 6.07) is 7.77. The predicted octanol–water partition coefficient (Wildman–Crippen LogP) is 3.41. The second-order valence-electron chi connectivity index (χ2n) is 3.00. The molecule has 5 heteroatoms. The zero-order valence-electron chi connectivity index (χ0n) is 8.03. The molecule has 0 radical (unpaired) electrons. The molecule has 2 rings (SSSR count). The smallest absolute Gasteiger partial charge is 0.169 e. The number of benzene rings is 1. The summed E-state index contributed by atoms with van der Waals surface area (Å²) in [7, 11) is 0. The van der Waals surface area contributed by atoms with Crippen molar-refractivity contribution in [3.63, 3.8) is 0 Å². The van der Waals surface area contributed by atoms with Gasteiger partial charge in [-0.25, -0.2) is 0 Å². The van der Waals surface area contributed by atoms with Gasteiger partial charge < -0.3 is 10.3 Å². The van der Waals surface area contributed by atoms with Gasteiger partial charge in [-0.15, -0.1) is 11.8 Å². The highest BCUT2D eigenvalue weighted by Crippen LogP contribution is 2.29. The van der Waals surface area contributed by atoms with Gasteiger partial charge in [0, 0.05) is 21.0 Å². The number of aromatic nitrogens is 1. The summed E-state index contributed by atoms with van der Waals surface area (Å²) < 4.78 is 6.11. The van der Waals surface area contributed by atoms with Crippen LogP contribution in [0.4, 0.5) is 5.82 Å². The van der Waals surface area contributed by atoms with Crippen molar-refractivity contribution in [1.29, 1.82) is 0 Å². The summed E-state index contributed by atoms with van der Waals surface area (Å²) >= 11 is 5.13. The lowest BCUT2D eigenvalue weighted by molar-refractivity contribution is 0.435. The fourth-order valence-corrected chi connectivity index (χ4v) is 2.38. The summed E-state index contributed by atoms with van der Waals surface area (Å²) in [4.78, 5) is 1.16. The van der Waals surface area contributed by atoms with E-state index in [0.717, 1.165) is 14.9 Å². The van der Waals surface area contributed by atoms with Crippen molar-refractivity contribution in [2.45, 2.75) is 4.90 Å². The largest absolute Gasteiger partial charge is 0.381 e. The van der Waals surface area contributed by atoms with Crippen LogP contribution in [0.1, 0.15) is 0 Å². The van der Waals surface area contributed by atoms with E-state index in [1.54, 1.807) is 17.8 Å². The molecule has 0 unspecified atom stereocenters. The highest BCUT2D eigenvalue weighted by Gasteiger charge is 2.06. The van der Waals surface area contributed by atoms with Crippen molar-refractivity contribution in [2.24, 2.45) is 0 Å². The van der Waals surface area contributed by atoms with Gasteiger partial charge in [0.05, 0.1) is 0 Å². The minimum absolute atomic E-state index is 0.399. The van der Waals surface area contributed by atoms with E-state index < -0.39 is 0 Å². The maximum atomic E-state index is 5.50. The van der Waals surface area contributed by atoms with Gasteiger partial charge in [0.15, 0.2) is 11.6 Å². The van der Waals surface area contributed by atoms with Crippen LogP contribution in [0, 0.1) is 0 Å². The van der Waals surface area contributed by atoms with Crippen molar-refractivity contribution in [2.75, 3.05) is 12.0 Å². The molecule has 0 spiro atoms. The van der Waals surface area contributed by atoms with E-state index >= 15 is 0 Å². The van der Waals surface area contributed by atoms with Gasteiger partial charge in [-0.05, 0) is 24.5 Å². The molecule has 0 fully saturated rings. The molecule has 1 aromatic carbocycles. The first-order valence-electron chi connectivity index (χ1n) is 4.26. The SMILES string of the molecule is CSc1cc(Br)cc(-c2cc(N)no2)c1. The summed E-state index contributed by atoms with van der Waals surface area (Å²) in [6.45, 7) is 0. The quantitative estimate of drug-likeness (QED) is 0.859. The molecule has 15 heavy (non-hydrogen) atoms. The summed E-state index contributed by atoms with van der Waals surface area (Å²) in [5, 5.41) is 3.66. The van der Waals surface area contributed by atoms with E-state index in [9.17, 15) is 0 Å². The third-order valence-corrected chi connectivity index (χ3v) is 3.08. The Bertz CT molecular complexity index is 484. The lowest BCUT2D eigenvalue weighted by atomic mass is 10.2. The molecular formula is C10H9BrN2OS. The van der Waals surface area contributed by atoms with Crippen LogP contribution in [-0.4, -0.2) is 11.4 Å². The Labute approximate surface area is 100 Å². The minimum Gasteiger partial charge on any atom is -0.381 e. The number of nitrogens with zero attached hydrogens (tertiary/aromatic N) is 1. The van der Waals surface area contributed by atoms with Gasteiger partial charge in [0.25, 0.3) is 0 Å². The summed E-state index contributed by atoms with van der Waals surface area (Å²) in [5.74, 6) is 1.08. The highest BCUT2D eigenvalue weighted by atomic mass is 79.9. The molecule has 0 aliphatic heterocycles. The number of nitrogen functional groups attached to an aromatic ring is 1. The van der Waals surface area contributed by atoms with E-state index in [4.69, 9.17) is 10.3 Å². The lowest BCUT2D eigenvalue weighted by Crippen LogP contribution is -1.80. The van der Waals surface area contributed by atoms with Crippen LogP contribution in [0.3, 0.4) is 0 Å².